The van der Waals surface area contributed by atoms with E-state index < -0.39 is 0 Å². The third-order valence-electron chi connectivity index (χ3n) is 4.18. The fourth-order valence-corrected chi connectivity index (χ4v) is 3.65. The van der Waals surface area contributed by atoms with Gasteiger partial charge in [0, 0.05) is 16.3 Å². The number of carbonyl (C=O) groups is 1. The number of fused-ring (bicyclic) bond motifs is 1. The second-order valence-electron chi connectivity index (χ2n) is 5.19. The molecule has 0 radical (unpaired) electrons. The molecule has 2 amide bonds. The Balaban J connectivity index is 1.95. The third kappa shape index (κ3) is 2.22. The van der Waals surface area contributed by atoms with Crippen LogP contribution >= 0.6 is 22.6 Å². The van der Waals surface area contributed by atoms with E-state index in [1.807, 2.05) is 28.1 Å². The second kappa shape index (κ2) is 5.26. The number of urea groups is 1. The van der Waals surface area contributed by atoms with E-state index in [9.17, 15) is 4.79 Å². The topological polar surface area (TPSA) is 36.4 Å². The van der Waals surface area contributed by atoms with Crippen LogP contribution in [-0.2, 0) is 0 Å². The Kier molecular flexibility index (Phi) is 3.64. The molecule has 1 aliphatic carbocycles. The quantitative estimate of drug-likeness (QED) is 0.749. The summed E-state index contributed by atoms with van der Waals surface area (Å²) in [6.45, 7) is 2.86. The van der Waals surface area contributed by atoms with Gasteiger partial charge in [-0.15, -0.1) is 0 Å². The molecule has 1 saturated carbocycles. The zero-order valence-corrected chi connectivity index (χ0v) is 13.2. The monoisotopic (exact) mass is 371 g/mol. The number of rotatable bonds is 2. The highest BCUT2D eigenvalue weighted by atomic mass is 127. The first kappa shape index (κ1) is 13.1. The molecular weight excluding hydrogens is 353 g/mol. The van der Waals surface area contributed by atoms with Crippen LogP contribution in [0, 0.1) is 3.57 Å². The van der Waals surface area contributed by atoms with Gasteiger partial charge in [0.25, 0.3) is 0 Å². The van der Waals surface area contributed by atoms with Gasteiger partial charge >= 0.3 is 6.03 Å². The summed E-state index contributed by atoms with van der Waals surface area (Å²) in [4.78, 5) is 21.0. The van der Waals surface area contributed by atoms with E-state index >= 15 is 0 Å². The van der Waals surface area contributed by atoms with Gasteiger partial charge in [-0.3, -0.25) is 4.90 Å². The van der Waals surface area contributed by atoms with E-state index in [4.69, 9.17) is 0 Å². The van der Waals surface area contributed by atoms with Gasteiger partial charge in [0.05, 0.1) is 12.1 Å². The summed E-state index contributed by atoms with van der Waals surface area (Å²) < 4.78 is 1.10. The number of aromatic nitrogens is 1. The molecule has 0 bridgehead atoms. The summed E-state index contributed by atoms with van der Waals surface area (Å²) in [5.41, 5.74) is 0. The van der Waals surface area contributed by atoms with Crippen LogP contribution in [0.1, 0.15) is 32.6 Å². The lowest BCUT2D eigenvalue weighted by molar-refractivity contribution is 0.195. The highest BCUT2D eigenvalue weighted by molar-refractivity contribution is 14.1. The minimum atomic E-state index is 0.133. The molecule has 2 aliphatic rings. The van der Waals surface area contributed by atoms with Crippen molar-refractivity contribution in [2.75, 3.05) is 11.4 Å². The molecule has 0 N–H and O–H groups in total. The number of amides is 2. The average Bonchev–Trinajstić information content (AvgIpc) is 2.71. The van der Waals surface area contributed by atoms with Crippen LogP contribution in [0.5, 0.6) is 0 Å². The number of carbonyl (C=O) groups excluding carboxylic acids is 1. The molecule has 3 rings (SSSR count). The minimum Gasteiger partial charge on any atom is -0.320 e. The molecule has 1 aromatic heterocycles. The van der Waals surface area contributed by atoms with Crippen LogP contribution in [0.3, 0.4) is 0 Å². The van der Waals surface area contributed by atoms with E-state index in [1.54, 1.807) is 0 Å². The fraction of sp³-hybridized carbons (Fsp3) is 0.571. The van der Waals surface area contributed by atoms with Gasteiger partial charge in [-0.1, -0.05) is 12.8 Å². The summed E-state index contributed by atoms with van der Waals surface area (Å²) in [6.07, 6.45) is 6.51. The molecule has 0 spiro atoms. The van der Waals surface area contributed by atoms with Gasteiger partial charge in [0.2, 0.25) is 0 Å². The van der Waals surface area contributed by atoms with Crippen molar-refractivity contribution >= 4 is 34.4 Å². The van der Waals surface area contributed by atoms with Gasteiger partial charge in [-0.2, -0.15) is 0 Å². The number of likely N-dealkylation sites (N-methyl/N-ethyl adjacent to an activating group) is 1. The molecule has 2 fully saturated rings. The molecule has 1 aromatic rings. The van der Waals surface area contributed by atoms with Crippen molar-refractivity contribution in [1.29, 1.82) is 0 Å². The number of anilines is 1. The third-order valence-corrected chi connectivity index (χ3v) is 4.82. The van der Waals surface area contributed by atoms with Gasteiger partial charge in [0.15, 0.2) is 0 Å². The molecule has 19 heavy (non-hydrogen) atoms. The summed E-state index contributed by atoms with van der Waals surface area (Å²) in [6, 6.07) is 4.81. The van der Waals surface area contributed by atoms with Gasteiger partial charge in [-0.25, -0.2) is 9.78 Å². The Morgan fingerprint density at radius 3 is 2.68 bits per heavy atom. The van der Waals surface area contributed by atoms with Crippen molar-refractivity contribution in [2.24, 2.45) is 0 Å². The molecule has 102 valence electrons. The van der Waals surface area contributed by atoms with E-state index in [2.05, 4.69) is 34.5 Å². The van der Waals surface area contributed by atoms with E-state index in [-0.39, 0.29) is 6.03 Å². The Morgan fingerprint density at radius 2 is 2.05 bits per heavy atom. The summed E-state index contributed by atoms with van der Waals surface area (Å²) in [5, 5.41) is 0. The average molecular weight is 371 g/mol. The molecule has 4 nitrogen and oxygen atoms in total. The zero-order chi connectivity index (χ0) is 13.4. The summed E-state index contributed by atoms with van der Waals surface area (Å²) in [7, 11) is 0. The highest BCUT2D eigenvalue weighted by Crippen LogP contribution is 2.36. The lowest BCUT2D eigenvalue weighted by Crippen LogP contribution is -2.40. The maximum Gasteiger partial charge on any atom is 0.326 e. The standard InChI is InChI=1S/C14H18IN3O/c1-2-17-11-5-3-4-6-12(11)18(14(17)19)13-8-7-10(15)9-16-13/h7-9,11-12H,2-6H2,1H3/t11-,12+/m0/s1. The van der Waals surface area contributed by atoms with Crippen LogP contribution in [0.25, 0.3) is 0 Å². The number of halogens is 1. The van der Waals surface area contributed by atoms with Crippen LogP contribution in [0.15, 0.2) is 18.3 Å². The Hall–Kier alpha value is -0.850. The lowest BCUT2D eigenvalue weighted by Gasteiger charge is -2.31. The summed E-state index contributed by atoms with van der Waals surface area (Å²) in [5.74, 6) is 0.804. The van der Waals surface area contributed by atoms with Gasteiger partial charge in [-0.05, 0) is 54.5 Å². The minimum absolute atomic E-state index is 0.133. The highest BCUT2D eigenvalue weighted by Gasteiger charge is 2.46. The van der Waals surface area contributed by atoms with Crippen molar-refractivity contribution in [1.82, 2.24) is 9.88 Å². The van der Waals surface area contributed by atoms with Crippen molar-refractivity contribution in [3.8, 4) is 0 Å². The van der Waals surface area contributed by atoms with Crippen molar-refractivity contribution in [3.63, 3.8) is 0 Å². The van der Waals surface area contributed by atoms with Gasteiger partial charge < -0.3 is 4.90 Å². The summed E-state index contributed by atoms with van der Waals surface area (Å²) >= 11 is 2.24. The number of nitrogens with zero attached hydrogens (tertiary/aromatic N) is 3. The molecule has 0 unspecified atom stereocenters. The molecular formula is C14H18IN3O. The van der Waals surface area contributed by atoms with E-state index in [0.717, 1.165) is 28.8 Å². The second-order valence-corrected chi connectivity index (χ2v) is 6.44. The molecule has 2 atom stereocenters. The van der Waals surface area contributed by atoms with E-state index in [1.165, 1.54) is 12.8 Å². The van der Waals surface area contributed by atoms with Crippen LogP contribution < -0.4 is 4.90 Å². The number of hydrogen-bond acceptors (Lipinski definition) is 2. The smallest absolute Gasteiger partial charge is 0.320 e. The predicted molar refractivity (Wildman–Crippen MR) is 83.3 cm³/mol. The normalized spacial score (nSPS) is 26.7. The van der Waals surface area contributed by atoms with Crippen LogP contribution in [0.2, 0.25) is 0 Å². The van der Waals surface area contributed by atoms with Gasteiger partial charge in [0.1, 0.15) is 5.82 Å². The molecule has 1 aliphatic heterocycles. The van der Waals surface area contributed by atoms with Crippen LogP contribution in [0.4, 0.5) is 10.6 Å². The molecule has 0 aromatic carbocycles. The molecule has 5 heteroatoms. The molecule has 2 heterocycles. The largest absolute Gasteiger partial charge is 0.326 e. The number of hydrogen-bond donors (Lipinski definition) is 0. The van der Waals surface area contributed by atoms with Crippen molar-refractivity contribution in [2.45, 2.75) is 44.7 Å². The predicted octanol–water partition coefficient (Wildman–Crippen LogP) is 3.26. The van der Waals surface area contributed by atoms with E-state index in [0.29, 0.717) is 12.1 Å². The maximum atomic E-state index is 12.6. The maximum absolute atomic E-state index is 12.6. The lowest BCUT2D eigenvalue weighted by atomic mass is 9.90. The van der Waals surface area contributed by atoms with Crippen LogP contribution in [-0.4, -0.2) is 34.5 Å². The fourth-order valence-electron chi connectivity index (χ4n) is 3.33. The first-order valence-electron chi connectivity index (χ1n) is 6.93. The Labute approximate surface area is 127 Å². The first-order valence-corrected chi connectivity index (χ1v) is 8.01. The SMILES string of the molecule is CCN1C(=O)N(c2ccc(I)cn2)[C@@H]2CCCC[C@@H]21. The first-order chi connectivity index (χ1) is 9.22. The zero-order valence-electron chi connectivity index (χ0n) is 11.1. The molecule has 1 saturated heterocycles. The van der Waals surface area contributed by atoms with Crippen molar-refractivity contribution in [3.05, 3.63) is 21.9 Å². The Morgan fingerprint density at radius 1 is 1.32 bits per heavy atom. The Bertz CT molecular complexity index is 476. The van der Waals surface area contributed by atoms with Crippen molar-refractivity contribution < 1.29 is 4.79 Å². The number of pyridine rings is 1.